The topological polar surface area (TPSA) is 69.2 Å². The van der Waals surface area contributed by atoms with Gasteiger partial charge in [0.1, 0.15) is 0 Å². The summed E-state index contributed by atoms with van der Waals surface area (Å²) in [5, 5.41) is 6.13. The molecule has 7 nitrogen and oxygen atoms in total. The van der Waals surface area contributed by atoms with E-state index >= 15 is 0 Å². The number of hydrogen-bond donors (Lipinski definition) is 2. The Balaban J connectivity index is 0.00000288. The quantitative estimate of drug-likeness (QED) is 0.370. The highest BCUT2D eigenvalue weighted by molar-refractivity contribution is 14.0. The first-order valence-corrected chi connectivity index (χ1v) is 8.47. The number of morpholine rings is 1. The number of hydrogen-bond acceptors (Lipinski definition) is 4. The van der Waals surface area contributed by atoms with E-state index in [1.807, 2.05) is 20.8 Å². The summed E-state index contributed by atoms with van der Waals surface area (Å²) in [5.41, 5.74) is -0.211. The molecular formula is C16H32IN5O2. The molecule has 0 bridgehead atoms. The molecule has 24 heavy (non-hydrogen) atoms. The average Bonchev–Trinajstić information content (AvgIpc) is 2.97. The number of carbonyl (C=O) groups excluding carboxylic acids is 1. The van der Waals surface area contributed by atoms with E-state index < -0.39 is 0 Å². The van der Waals surface area contributed by atoms with Crippen molar-refractivity contribution >= 4 is 35.8 Å². The Kier molecular flexibility index (Phi) is 8.72. The minimum Gasteiger partial charge on any atom is -0.379 e. The average molecular weight is 453 g/mol. The van der Waals surface area contributed by atoms with Gasteiger partial charge in [0, 0.05) is 44.8 Å². The molecule has 1 amide bonds. The molecule has 0 aliphatic carbocycles. The minimum absolute atomic E-state index is 0. The van der Waals surface area contributed by atoms with E-state index in [2.05, 4.69) is 25.4 Å². The predicted octanol–water partition coefficient (Wildman–Crippen LogP) is 0.501. The molecule has 1 unspecified atom stereocenters. The van der Waals surface area contributed by atoms with Gasteiger partial charge in [-0.2, -0.15) is 0 Å². The molecule has 2 aliphatic rings. The number of rotatable bonds is 3. The first-order valence-electron chi connectivity index (χ1n) is 8.47. The van der Waals surface area contributed by atoms with E-state index in [1.54, 1.807) is 7.05 Å². The van der Waals surface area contributed by atoms with E-state index in [4.69, 9.17) is 4.74 Å². The Labute approximate surface area is 162 Å². The molecule has 0 saturated carbocycles. The van der Waals surface area contributed by atoms with Crippen molar-refractivity contribution in [1.29, 1.82) is 0 Å². The molecule has 2 heterocycles. The molecular weight excluding hydrogens is 421 g/mol. The van der Waals surface area contributed by atoms with E-state index in [0.29, 0.717) is 6.04 Å². The van der Waals surface area contributed by atoms with Gasteiger partial charge in [0.05, 0.1) is 19.8 Å². The van der Waals surface area contributed by atoms with Gasteiger partial charge in [0.15, 0.2) is 5.96 Å². The molecule has 8 heteroatoms. The van der Waals surface area contributed by atoms with Crippen molar-refractivity contribution in [2.24, 2.45) is 4.99 Å². The van der Waals surface area contributed by atoms with Crippen LogP contribution >= 0.6 is 24.0 Å². The number of halogens is 1. The van der Waals surface area contributed by atoms with Gasteiger partial charge < -0.3 is 20.3 Å². The Morgan fingerprint density at radius 2 is 1.92 bits per heavy atom. The number of nitrogens with zero attached hydrogens (tertiary/aromatic N) is 3. The number of aliphatic imine (C=N–C) groups is 1. The second-order valence-corrected chi connectivity index (χ2v) is 7.24. The third kappa shape index (κ3) is 6.72. The summed E-state index contributed by atoms with van der Waals surface area (Å²) in [7, 11) is 1.77. The standard InChI is InChI=1S/C16H31N5O2.HI/c1-16(2,3)19-14(22)11-18-15(17-4)21-6-5-13(12-21)20-7-9-23-10-8-20;/h13H,5-12H2,1-4H3,(H,17,18)(H,19,22);1H. The Morgan fingerprint density at radius 1 is 1.25 bits per heavy atom. The van der Waals surface area contributed by atoms with Gasteiger partial charge in [-0.15, -0.1) is 24.0 Å². The lowest BCUT2D eigenvalue weighted by atomic mass is 10.1. The van der Waals surface area contributed by atoms with Crippen LogP contribution in [0, 0.1) is 0 Å². The summed E-state index contributed by atoms with van der Waals surface area (Å²) >= 11 is 0. The molecule has 0 aromatic rings. The Morgan fingerprint density at radius 3 is 2.50 bits per heavy atom. The SMILES string of the molecule is CN=C(NCC(=O)NC(C)(C)C)N1CCC(N2CCOCC2)C1.I. The van der Waals surface area contributed by atoms with E-state index in [1.165, 1.54) is 0 Å². The number of ether oxygens (including phenoxy) is 1. The van der Waals surface area contributed by atoms with Crippen molar-refractivity contribution < 1.29 is 9.53 Å². The number of nitrogens with one attached hydrogen (secondary N) is 2. The van der Waals surface area contributed by atoms with Crippen LogP contribution in [0.2, 0.25) is 0 Å². The van der Waals surface area contributed by atoms with Crippen LogP contribution in [0.1, 0.15) is 27.2 Å². The maximum atomic E-state index is 11.9. The van der Waals surface area contributed by atoms with Crippen LogP contribution in [0.3, 0.4) is 0 Å². The van der Waals surface area contributed by atoms with Gasteiger partial charge in [0.2, 0.25) is 5.91 Å². The van der Waals surface area contributed by atoms with Crippen LogP contribution in [-0.4, -0.2) is 86.2 Å². The van der Waals surface area contributed by atoms with Crippen molar-refractivity contribution in [3.63, 3.8) is 0 Å². The van der Waals surface area contributed by atoms with Crippen LogP contribution in [-0.2, 0) is 9.53 Å². The van der Waals surface area contributed by atoms with E-state index in [0.717, 1.165) is 51.8 Å². The molecule has 2 fully saturated rings. The summed E-state index contributed by atoms with van der Waals surface area (Å²) < 4.78 is 5.42. The lowest BCUT2D eigenvalue weighted by Gasteiger charge is -2.32. The molecule has 2 rings (SSSR count). The Bertz CT molecular complexity index is 433. The van der Waals surface area contributed by atoms with Gasteiger partial charge in [-0.25, -0.2) is 0 Å². The molecule has 0 spiro atoms. The summed E-state index contributed by atoms with van der Waals surface area (Å²) in [6.45, 7) is 11.8. The highest BCUT2D eigenvalue weighted by atomic mass is 127. The smallest absolute Gasteiger partial charge is 0.239 e. The van der Waals surface area contributed by atoms with E-state index in [9.17, 15) is 4.79 Å². The second kappa shape index (κ2) is 9.76. The normalized spacial score (nSPS) is 22.9. The minimum atomic E-state index is -0.211. The fraction of sp³-hybridized carbons (Fsp3) is 0.875. The van der Waals surface area contributed by atoms with Crippen molar-refractivity contribution in [2.75, 3.05) is 53.0 Å². The van der Waals surface area contributed by atoms with Crippen LogP contribution in [0.25, 0.3) is 0 Å². The van der Waals surface area contributed by atoms with Gasteiger partial charge in [-0.05, 0) is 27.2 Å². The van der Waals surface area contributed by atoms with Crippen molar-refractivity contribution in [3.05, 3.63) is 0 Å². The maximum absolute atomic E-state index is 11.9. The molecule has 2 N–H and O–H groups in total. The molecule has 1 atom stereocenters. The second-order valence-electron chi connectivity index (χ2n) is 7.24. The highest BCUT2D eigenvalue weighted by Gasteiger charge is 2.30. The van der Waals surface area contributed by atoms with Crippen LogP contribution in [0.5, 0.6) is 0 Å². The van der Waals surface area contributed by atoms with Gasteiger partial charge >= 0.3 is 0 Å². The first-order chi connectivity index (χ1) is 10.9. The molecule has 0 radical (unpaired) electrons. The summed E-state index contributed by atoms with van der Waals surface area (Å²) in [6.07, 6.45) is 1.13. The monoisotopic (exact) mass is 453 g/mol. The molecule has 0 aromatic heterocycles. The zero-order chi connectivity index (χ0) is 16.9. The van der Waals surface area contributed by atoms with Crippen molar-refractivity contribution in [3.8, 4) is 0 Å². The highest BCUT2D eigenvalue weighted by Crippen LogP contribution is 2.16. The van der Waals surface area contributed by atoms with Gasteiger partial charge in [0.25, 0.3) is 0 Å². The molecule has 140 valence electrons. The number of guanidine groups is 1. The largest absolute Gasteiger partial charge is 0.379 e. The van der Waals surface area contributed by atoms with E-state index in [-0.39, 0.29) is 42.0 Å². The first kappa shape index (κ1) is 21.4. The summed E-state index contributed by atoms with van der Waals surface area (Å²) in [6, 6.07) is 0.556. The number of amides is 1. The van der Waals surface area contributed by atoms with Crippen LogP contribution in [0.4, 0.5) is 0 Å². The fourth-order valence-electron chi connectivity index (χ4n) is 3.13. The lowest BCUT2D eigenvalue weighted by Crippen LogP contribution is -2.50. The van der Waals surface area contributed by atoms with Crippen LogP contribution < -0.4 is 10.6 Å². The number of carbonyl (C=O) groups is 1. The third-order valence-corrected chi connectivity index (χ3v) is 4.16. The zero-order valence-corrected chi connectivity index (χ0v) is 17.6. The fourth-order valence-corrected chi connectivity index (χ4v) is 3.13. The molecule has 2 saturated heterocycles. The van der Waals surface area contributed by atoms with Gasteiger partial charge in [-0.1, -0.05) is 0 Å². The molecule has 2 aliphatic heterocycles. The maximum Gasteiger partial charge on any atom is 0.239 e. The Hall–Kier alpha value is -0.610. The number of likely N-dealkylation sites (tertiary alicyclic amines) is 1. The van der Waals surface area contributed by atoms with Gasteiger partial charge in [-0.3, -0.25) is 14.7 Å². The predicted molar refractivity (Wildman–Crippen MR) is 107 cm³/mol. The van der Waals surface area contributed by atoms with Crippen molar-refractivity contribution in [1.82, 2.24) is 20.4 Å². The zero-order valence-electron chi connectivity index (χ0n) is 15.3. The molecule has 0 aromatic carbocycles. The third-order valence-electron chi connectivity index (χ3n) is 4.16. The summed E-state index contributed by atoms with van der Waals surface area (Å²) in [5.74, 6) is 0.799. The van der Waals surface area contributed by atoms with Crippen LogP contribution in [0.15, 0.2) is 4.99 Å². The summed E-state index contributed by atoms with van der Waals surface area (Å²) in [4.78, 5) is 21.0. The van der Waals surface area contributed by atoms with Crippen molar-refractivity contribution in [2.45, 2.75) is 38.8 Å². The lowest BCUT2D eigenvalue weighted by molar-refractivity contribution is -0.121.